The van der Waals surface area contributed by atoms with Gasteiger partial charge in [0.1, 0.15) is 11.6 Å². The van der Waals surface area contributed by atoms with E-state index in [-0.39, 0.29) is 12.1 Å². The lowest BCUT2D eigenvalue weighted by atomic mass is 9.95. The van der Waals surface area contributed by atoms with E-state index in [2.05, 4.69) is 5.32 Å². The number of hydrogen-bond donors (Lipinski definition) is 2. The summed E-state index contributed by atoms with van der Waals surface area (Å²) in [6.07, 6.45) is -3.65. The van der Waals surface area contributed by atoms with Crippen LogP contribution in [0.5, 0.6) is 0 Å². The molecule has 2 N–H and O–H groups in total. The first kappa shape index (κ1) is 19.4. The molecule has 1 aliphatic heterocycles. The normalized spacial score (nSPS) is 24.0. The molecule has 2 atom stereocenters. The minimum Gasteiger partial charge on any atom is -0.481 e. The molecule has 1 aromatic rings. The molecule has 1 aromatic carbocycles. The summed E-state index contributed by atoms with van der Waals surface area (Å²) < 4.78 is 66.0. The van der Waals surface area contributed by atoms with Gasteiger partial charge < -0.3 is 15.3 Å². The zero-order chi connectivity index (χ0) is 20.0. The van der Waals surface area contributed by atoms with Crippen molar-refractivity contribution in [3.8, 4) is 0 Å². The number of nitrogens with zero attached hydrogens (tertiary/aromatic N) is 1. The molecule has 0 bridgehead atoms. The topological polar surface area (TPSA) is 69.6 Å². The Morgan fingerprint density at radius 3 is 2.37 bits per heavy atom. The Labute approximate surface area is 151 Å². The highest BCUT2D eigenvalue weighted by atomic mass is 19.4. The number of urea groups is 1. The smallest absolute Gasteiger partial charge is 0.394 e. The highest BCUT2D eigenvalue weighted by Crippen LogP contribution is 2.48. The standard InChI is InChI=1S/C17H17F5N2O3/c18-9-1-2-11(13(19)5-9)16(3-4-16)8-23-15(27)24-6-10(14(25)26)12(7-24)17(20,21)22/h1-2,5,10,12H,3-4,6-8H2,(H,23,27)(H,25,26)/t10-,12-/m1/s1. The van der Waals surface area contributed by atoms with Gasteiger partial charge >= 0.3 is 18.2 Å². The van der Waals surface area contributed by atoms with Crippen LogP contribution in [0.1, 0.15) is 18.4 Å². The van der Waals surface area contributed by atoms with Gasteiger partial charge in [-0.05, 0) is 24.5 Å². The predicted molar refractivity (Wildman–Crippen MR) is 82.9 cm³/mol. The van der Waals surface area contributed by atoms with Crippen LogP contribution in [0.15, 0.2) is 18.2 Å². The average molecular weight is 392 g/mol. The second-order valence-electron chi connectivity index (χ2n) is 7.06. The summed E-state index contributed by atoms with van der Waals surface area (Å²) in [6, 6.07) is 2.30. The van der Waals surface area contributed by atoms with Crippen molar-refractivity contribution in [1.29, 1.82) is 0 Å². The Morgan fingerprint density at radius 1 is 1.22 bits per heavy atom. The Kier molecular flexibility index (Phi) is 4.77. The average Bonchev–Trinajstić information content (AvgIpc) is 3.18. The summed E-state index contributed by atoms with van der Waals surface area (Å²) in [4.78, 5) is 24.1. The maximum atomic E-state index is 14.0. The van der Waals surface area contributed by atoms with E-state index < -0.39 is 60.2 Å². The van der Waals surface area contributed by atoms with Crippen LogP contribution >= 0.6 is 0 Å². The molecule has 0 radical (unpaired) electrons. The highest BCUT2D eigenvalue weighted by Gasteiger charge is 2.54. The summed E-state index contributed by atoms with van der Waals surface area (Å²) in [6.45, 7) is -1.33. The van der Waals surface area contributed by atoms with Gasteiger partial charge in [-0.1, -0.05) is 6.07 Å². The molecule has 2 aliphatic rings. The molecule has 3 rings (SSSR count). The number of halogens is 5. The number of rotatable bonds is 4. The van der Waals surface area contributed by atoms with E-state index in [1.54, 1.807) is 0 Å². The van der Waals surface area contributed by atoms with E-state index in [4.69, 9.17) is 5.11 Å². The molecule has 1 aliphatic carbocycles. The monoisotopic (exact) mass is 392 g/mol. The zero-order valence-electron chi connectivity index (χ0n) is 14.0. The van der Waals surface area contributed by atoms with Crippen molar-refractivity contribution >= 4 is 12.0 Å². The van der Waals surface area contributed by atoms with Gasteiger partial charge in [0.25, 0.3) is 0 Å². The number of alkyl halides is 3. The van der Waals surface area contributed by atoms with Crippen molar-refractivity contribution in [2.24, 2.45) is 11.8 Å². The third-order valence-corrected chi connectivity index (χ3v) is 5.28. The minimum absolute atomic E-state index is 0.0285. The lowest BCUT2D eigenvalue weighted by Crippen LogP contribution is -2.42. The molecule has 10 heteroatoms. The Hall–Kier alpha value is -2.39. The van der Waals surface area contributed by atoms with E-state index in [0.29, 0.717) is 12.8 Å². The van der Waals surface area contributed by atoms with Gasteiger partial charge in [-0.15, -0.1) is 0 Å². The first-order chi connectivity index (χ1) is 12.5. The van der Waals surface area contributed by atoms with Crippen LogP contribution in [0.3, 0.4) is 0 Å². The maximum Gasteiger partial charge on any atom is 0.394 e. The number of aliphatic carboxylic acids is 1. The van der Waals surface area contributed by atoms with Gasteiger partial charge in [-0.3, -0.25) is 4.79 Å². The fourth-order valence-corrected chi connectivity index (χ4v) is 3.52. The Balaban J connectivity index is 1.65. The molecule has 27 heavy (non-hydrogen) atoms. The molecule has 5 nitrogen and oxygen atoms in total. The fraction of sp³-hybridized carbons (Fsp3) is 0.529. The van der Waals surface area contributed by atoms with Crippen LogP contribution in [0.25, 0.3) is 0 Å². The second kappa shape index (κ2) is 6.65. The third kappa shape index (κ3) is 3.84. The Bertz CT molecular complexity index is 763. The molecule has 0 aromatic heterocycles. The first-order valence-electron chi connectivity index (χ1n) is 8.31. The number of carbonyl (C=O) groups excluding carboxylic acids is 1. The molecule has 1 heterocycles. The SMILES string of the molecule is O=C(O)[C@@H]1CN(C(=O)NCC2(c3ccc(F)cc3F)CC2)C[C@H]1C(F)(F)F. The van der Waals surface area contributed by atoms with Gasteiger partial charge in [-0.25, -0.2) is 13.6 Å². The molecular weight excluding hydrogens is 375 g/mol. The van der Waals surface area contributed by atoms with Crippen LogP contribution in [0.4, 0.5) is 26.7 Å². The van der Waals surface area contributed by atoms with Crippen molar-refractivity contribution in [1.82, 2.24) is 10.2 Å². The first-order valence-corrected chi connectivity index (χ1v) is 8.31. The van der Waals surface area contributed by atoms with Gasteiger partial charge in [0, 0.05) is 31.1 Å². The van der Waals surface area contributed by atoms with Crippen LogP contribution in [0, 0.1) is 23.5 Å². The van der Waals surface area contributed by atoms with Crippen molar-refractivity contribution in [2.45, 2.75) is 24.4 Å². The van der Waals surface area contributed by atoms with Crippen LogP contribution in [-0.4, -0.2) is 47.8 Å². The van der Waals surface area contributed by atoms with Crippen molar-refractivity contribution in [3.63, 3.8) is 0 Å². The van der Waals surface area contributed by atoms with E-state index in [9.17, 15) is 31.5 Å². The summed E-state index contributed by atoms with van der Waals surface area (Å²) >= 11 is 0. The van der Waals surface area contributed by atoms with Crippen molar-refractivity contribution < 1.29 is 36.6 Å². The third-order valence-electron chi connectivity index (χ3n) is 5.28. The zero-order valence-corrected chi connectivity index (χ0v) is 14.0. The van der Waals surface area contributed by atoms with Gasteiger partial charge in [0.15, 0.2) is 0 Å². The molecule has 1 saturated carbocycles. The predicted octanol–water partition coefficient (Wildman–Crippen LogP) is 2.90. The Morgan fingerprint density at radius 2 is 1.89 bits per heavy atom. The molecule has 0 spiro atoms. The van der Waals surface area contributed by atoms with Crippen LogP contribution < -0.4 is 5.32 Å². The molecule has 2 fully saturated rings. The number of nitrogens with one attached hydrogen (secondary N) is 1. The van der Waals surface area contributed by atoms with E-state index in [1.165, 1.54) is 6.07 Å². The number of amides is 2. The molecular formula is C17H17F5N2O3. The number of benzene rings is 1. The summed E-state index contributed by atoms with van der Waals surface area (Å²) in [5.74, 6) is -6.94. The van der Waals surface area contributed by atoms with Crippen LogP contribution in [-0.2, 0) is 10.2 Å². The van der Waals surface area contributed by atoms with Gasteiger partial charge in [-0.2, -0.15) is 13.2 Å². The van der Waals surface area contributed by atoms with E-state index in [1.807, 2.05) is 0 Å². The van der Waals surface area contributed by atoms with Crippen molar-refractivity contribution in [2.75, 3.05) is 19.6 Å². The van der Waals surface area contributed by atoms with Gasteiger partial charge in [0.2, 0.25) is 0 Å². The largest absolute Gasteiger partial charge is 0.481 e. The molecule has 1 saturated heterocycles. The summed E-state index contributed by atoms with van der Waals surface area (Å²) in [7, 11) is 0. The quantitative estimate of drug-likeness (QED) is 0.775. The molecule has 0 unspecified atom stereocenters. The molecule has 2 amide bonds. The lowest BCUT2D eigenvalue weighted by molar-refractivity contribution is -0.187. The second-order valence-corrected chi connectivity index (χ2v) is 7.06. The summed E-state index contributed by atoms with van der Waals surface area (Å²) in [5.41, 5.74) is -0.481. The highest BCUT2D eigenvalue weighted by molar-refractivity contribution is 5.78. The molecule has 148 valence electrons. The number of carboxylic acid groups (broad SMARTS) is 1. The maximum absolute atomic E-state index is 14.0. The summed E-state index contributed by atoms with van der Waals surface area (Å²) in [5, 5.41) is 11.5. The number of hydrogen-bond acceptors (Lipinski definition) is 2. The van der Waals surface area contributed by atoms with E-state index >= 15 is 0 Å². The number of likely N-dealkylation sites (tertiary alicyclic amines) is 1. The van der Waals surface area contributed by atoms with Crippen molar-refractivity contribution in [3.05, 3.63) is 35.4 Å². The number of carboxylic acids is 1. The minimum atomic E-state index is -4.73. The van der Waals surface area contributed by atoms with Gasteiger partial charge in [0.05, 0.1) is 11.8 Å². The van der Waals surface area contributed by atoms with E-state index in [0.717, 1.165) is 17.0 Å². The fourth-order valence-electron chi connectivity index (χ4n) is 3.52. The lowest BCUT2D eigenvalue weighted by Gasteiger charge is -2.22. The number of carbonyl (C=O) groups is 2. The van der Waals surface area contributed by atoms with Crippen LogP contribution in [0.2, 0.25) is 0 Å².